The van der Waals surface area contributed by atoms with E-state index in [1.54, 1.807) is 0 Å². The first-order valence-electron chi connectivity index (χ1n) is 11.4. The molecule has 4 nitrogen and oxygen atoms in total. The molecule has 164 valence electrons. The van der Waals surface area contributed by atoms with Gasteiger partial charge in [0.1, 0.15) is 6.10 Å². The highest BCUT2D eigenvalue weighted by molar-refractivity contribution is 5.77. The molecule has 1 atom stereocenters. The van der Waals surface area contributed by atoms with E-state index >= 15 is 0 Å². The predicted octanol–water partition coefficient (Wildman–Crippen LogP) is 6.46. The lowest BCUT2D eigenvalue weighted by Crippen LogP contribution is -2.49. The number of nitrogens with one attached hydrogen (secondary N) is 1. The summed E-state index contributed by atoms with van der Waals surface area (Å²) >= 11 is 0. The van der Waals surface area contributed by atoms with Gasteiger partial charge in [-0.2, -0.15) is 0 Å². The number of para-hydroxylation sites is 1. The van der Waals surface area contributed by atoms with Crippen molar-refractivity contribution in [2.75, 3.05) is 11.9 Å². The maximum Gasteiger partial charge on any atom is 0.201 e. The van der Waals surface area contributed by atoms with Crippen LogP contribution in [0.1, 0.15) is 31.2 Å². The molecule has 1 aliphatic carbocycles. The molecular formula is C28H29NO3. The highest BCUT2D eigenvalue weighted by atomic mass is 17.2. The summed E-state index contributed by atoms with van der Waals surface area (Å²) in [6.07, 6.45) is 3.22. The van der Waals surface area contributed by atoms with Crippen LogP contribution in [0.5, 0.6) is 0 Å². The van der Waals surface area contributed by atoms with Crippen LogP contribution in [0.3, 0.4) is 0 Å². The topological polar surface area (TPSA) is 39.7 Å². The lowest BCUT2D eigenvalue weighted by molar-refractivity contribution is -0.483. The highest BCUT2D eigenvalue weighted by Crippen LogP contribution is 2.39. The van der Waals surface area contributed by atoms with Crippen LogP contribution in [-0.2, 0) is 14.5 Å². The second kappa shape index (κ2) is 9.29. The van der Waals surface area contributed by atoms with Crippen molar-refractivity contribution in [1.82, 2.24) is 0 Å². The molecule has 5 rings (SSSR count). The Hall–Kier alpha value is -2.92. The first kappa shape index (κ1) is 21.0. The largest absolute Gasteiger partial charge is 0.382 e. The average molecular weight is 428 g/mol. The van der Waals surface area contributed by atoms with Gasteiger partial charge in [0.15, 0.2) is 0 Å². The molecule has 1 saturated heterocycles. The Balaban J connectivity index is 1.18. The van der Waals surface area contributed by atoms with Crippen LogP contribution in [0.25, 0.3) is 16.7 Å². The van der Waals surface area contributed by atoms with E-state index < -0.39 is 5.79 Å². The van der Waals surface area contributed by atoms with Gasteiger partial charge in [0.2, 0.25) is 5.79 Å². The third-order valence-corrected chi connectivity index (χ3v) is 6.47. The summed E-state index contributed by atoms with van der Waals surface area (Å²) in [6.45, 7) is 4.64. The molecule has 4 heteroatoms. The summed E-state index contributed by atoms with van der Waals surface area (Å²) in [6, 6.07) is 29.4. The maximum atomic E-state index is 6.22. The molecule has 3 aromatic rings. The maximum absolute atomic E-state index is 6.22. The molecule has 3 aromatic carbocycles. The van der Waals surface area contributed by atoms with E-state index in [2.05, 4.69) is 60.4 Å². The van der Waals surface area contributed by atoms with Crippen molar-refractivity contribution < 1.29 is 14.5 Å². The van der Waals surface area contributed by atoms with E-state index in [0.717, 1.165) is 36.8 Å². The first-order valence-corrected chi connectivity index (χ1v) is 11.4. The third-order valence-electron chi connectivity index (χ3n) is 6.47. The highest BCUT2D eigenvalue weighted by Gasteiger charge is 2.43. The number of benzene rings is 3. The molecule has 1 spiro atoms. The lowest BCUT2D eigenvalue weighted by atomic mass is 9.89. The number of rotatable bonds is 5. The number of hydrogen-bond acceptors (Lipinski definition) is 4. The monoisotopic (exact) mass is 427 g/mol. The average Bonchev–Trinajstić information content (AvgIpc) is 2.87. The van der Waals surface area contributed by atoms with Crippen LogP contribution < -0.4 is 5.32 Å². The SMILES string of the molecule is C=C(c1ccccc1)C1COC2(CCC(Nc3ccccc3-c3ccccc3)CC2)OO1. The molecule has 2 aliphatic rings. The molecular weight excluding hydrogens is 398 g/mol. The number of anilines is 1. The van der Waals surface area contributed by atoms with Crippen LogP contribution in [-0.4, -0.2) is 24.5 Å². The van der Waals surface area contributed by atoms with Crippen LogP contribution in [0.4, 0.5) is 5.69 Å². The van der Waals surface area contributed by atoms with Crippen molar-refractivity contribution in [1.29, 1.82) is 0 Å². The molecule has 1 heterocycles. The standard InChI is InChI=1S/C28H29NO3/c1-21(22-10-4-2-5-11-22)27-20-30-28(32-31-27)18-16-24(17-19-28)29-26-15-9-8-14-25(26)23-12-6-3-7-13-23/h2-15,24,27,29H,1,16-20H2. The van der Waals surface area contributed by atoms with Gasteiger partial charge in [0.05, 0.1) is 6.61 Å². The van der Waals surface area contributed by atoms with Gasteiger partial charge in [-0.05, 0) is 35.6 Å². The molecule has 1 N–H and O–H groups in total. The summed E-state index contributed by atoms with van der Waals surface area (Å²) in [5.41, 5.74) is 5.55. The molecule has 0 amide bonds. The second-order valence-corrected chi connectivity index (χ2v) is 8.61. The minimum atomic E-state index is -0.648. The van der Waals surface area contributed by atoms with Crippen molar-refractivity contribution in [3.63, 3.8) is 0 Å². The van der Waals surface area contributed by atoms with E-state index in [-0.39, 0.29) is 6.10 Å². The zero-order chi connectivity index (χ0) is 21.8. The van der Waals surface area contributed by atoms with E-state index in [1.165, 1.54) is 16.8 Å². The lowest BCUT2D eigenvalue weighted by Gasteiger charge is -2.43. The molecule has 1 aliphatic heterocycles. The Kier molecular flexibility index (Phi) is 6.08. The fourth-order valence-electron chi connectivity index (χ4n) is 4.55. The van der Waals surface area contributed by atoms with Crippen LogP contribution in [0.15, 0.2) is 91.5 Å². The fourth-order valence-corrected chi connectivity index (χ4v) is 4.55. The zero-order valence-corrected chi connectivity index (χ0v) is 18.2. The Morgan fingerprint density at radius 2 is 1.50 bits per heavy atom. The van der Waals surface area contributed by atoms with Crippen LogP contribution >= 0.6 is 0 Å². The van der Waals surface area contributed by atoms with E-state index in [0.29, 0.717) is 12.6 Å². The third kappa shape index (κ3) is 4.49. The van der Waals surface area contributed by atoms with Gasteiger partial charge in [-0.3, -0.25) is 0 Å². The summed E-state index contributed by atoms with van der Waals surface area (Å²) in [7, 11) is 0. The molecule has 1 saturated carbocycles. The van der Waals surface area contributed by atoms with Crippen molar-refractivity contribution in [2.24, 2.45) is 0 Å². The first-order chi connectivity index (χ1) is 15.7. The summed E-state index contributed by atoms with van der Waals surface area (Å²) in [5, 5.41) is 3.75. The fraction of sp³-hybridized carbons (Fsp3) is 0.286. The van der Waals surface area contributed by atoms with E-state index in [1.807, 2.05) is 36.4 Å². The predicted molar refractivity (Wildman–Crippen MR) is 128 cm³/mol. The Labute approximate surface area is 189 Å². The Morgan fingerprint density at radius 1 is 0.844 bits per heavy atom. The smallest absolute Gasteiger partial charge is 0.201 e. The Morgan fingerprint density at radius 3 is 2.19 bits per heavy atom. The molecule has 32 heavy (non-hydrogen) atoms. The van der Waals surface area contributed by atoms with Crippen molar-refractivity contribution in [2.45, 2.75) is 43.6 Å². The summed E-state index contributed by atoms with van der Waals surface area (Å²) in [4.78, 5) is 11.6. The van der Waals surface area contributed by atoms with E-state index in [4.69, 9.17) is 14.5 Å². The zero-order valence-electron chi connectivity index (χ0n) is 18.2. The molecule has 0 radical (unpaired) electrons. The van der Waals surface area contributed by atoms with Gasteiger partial charge >= 0.3 is 0 Å². The minimum absolute atomic E-state index is 0.281. The molecule has 0 bridgehead atoms. The quantitative estimate of drug-likeness (QED) is 0.474. The second-order valence-electron chi connectivity index (χ2n) is 8.61. The van der Waals surface area contributed by atoms with Gasteiger partial charge < -0.3 is 10.1 Å². The van der Waals surface area contributed by atoms with E-state index in [9.17, 15) is 0 Å². The van der Waals surface area contributed by atoms with Gasteiger partial charge in [-0.1, -0.05) is 85.4 Å². The van der Waals surface area contributed by atoms with Gasteiger partial charge in [0, 0.05) is 30.1 Å². The number of hydrogen-bond donors (Lipinski definition) is 1. The molecule has 0 aromatic heterocycles. The van der Waals surface area contributed by atoms with Crippen LogP contribution in [0.2, 0.25) is 0 Å². The normalized spacial score (nSPS) is 25.4. The Bertz CT molecular complexity index is 1030. The van der Waals surface area contributed by atoms with Crippen LogP contribution in [0, 0.1) is 0 Å². The number of ether oxygens (including phenoxy) is 1. The van der Waals surface area contributed by atoms with Crippen molar-refractivity contribution in [3.8, 4) is 11.1 Å². The molecule has 2 fully saturated rings. The van der Waals surface area contributed by atoms with Gasteiger partial charge in [0.25, 0.3) is 0 Å². The minimum Gasteiger partial charge on any atom is -0.382 e. The van der Waals surface area contributed by atoms with Gasteiger partial charge in [-0.25, -0.2) is 9.78 Å². The summed E-state index contributed by atoms with van der Waals surface area (Å²) < 4.78 is 6.22. The summed E-state index contributed by atoms with van der Waals surface area (Å²) in [5.74, 6) is -0.648. The van der Waals surface area contributed by atoms with Crippen molar-refractivity contribution in [3.05, 3.63) is 97.1 Å². The van der Waals surface area contributed by atoms with Crippen molar-refractivity contribution >= 4 is 11.3 Å². The van der Waals surface area contributed by atoms with Gasteiger partial charge in [-0.15, -0.1) is 0 Å². The molecule has 1 unspecified atom stereocenters.